The zero-order valence-corrected chi connectivity index (χ0v) is 10.2. The van der Waals surface area contributed by atoms with Crippen molar-refractivity contribution in [1.82, 2.24) is 0 Å². The van der Waals surface area contributed by atoms with Gasteiger partial charge >= 0.3 is 5.97 Å². The van der Waals surface area contributed by atoms with E-state index in [2.05, 4.69) is 12.2 Å². The van der Waals surface area contributed by atoms with E-state index in [0.29, 0.717) is 11.8 Å². The lowest BCUT2D eigenvalue weighted by Crippen LogP contribution is -2.26. The fourth-order valence-electron chi connectivity index (χ4n) is 2.42. The Kier molecular flexibility index (Phi) is 3.06. The molecule has 2 rings (SSSR count). The fraction of sp³-hybridized carbons (Fsp3) is 0.769. The Balaban J connectivity index is 1.75. The fourth-order valence-corrected chi connectivity index (χ4v) is 2.42. The van der Waals surface area contributed by atoms with Gasteiger partial charge in [-0.25, -0.2) is 0 Å². The molecule has 2 bridgehead atoms. The number of allylic oxidation sites excluding steroid dienone is 2. The van der Waals surface area contributed by atoms with Crippen molar-refractivity contribution < 1.29 is 14.3 Å². The average molecular weight is 224 g/mol. The molecule has 2 aliphatic rings. The zero-order valence-electron chi connectivity index (χ0n) is 10.2. The largest absolute Gasteiger partial charge is 0.438 e. The molecule has 0 spiro atoms. The summed E-state index contributed by atoms with van der Waals surface area (Å²) in [6.07, 6.45) is 6.46. The van der Waals surface area contributed by atoms with Crippen molar-refractivity contribution >= 4 is 5.97 Å². The van der Waals surface area contributed by atoms with Crippen molar-refractivity contribution in [3.8, 4) is 0 Å². The molecule has 1 fully saturated rings. The van der Waals surface area contributed by atoms with Crippen molar-refractivity contribution in [2.45, 2.75) is 39.2 Å². The van der Waals surface area contributed by atoms with Gasteiger partial charge in [-0.1, -0.05) is 12.2 Å². The van der Waals surface area contributed by atoms with E-state index in [4.69, 9.17) is 9.47 Å². The van der Waals surface area contributed by atoms with Crippen LogP contribution >= 0.6 is 0 Å². The van der Waals surface area contributed by atoms with Gasteiger partial charge in [0.05, 0.1) is 11.5 Å². The van der Waals surface area contributed by atoms with Crippen molar-refractivity contribution in [1.29, 1.82) is 0 Å². The van der Waals surface area contributed by atoms with Crippen LogP contribution in [0.3, 0.4) is 0 Å². The van der Waals surface area contributed by atoms with E-state index >= 15 is 0 Å². The second kappa shape index (κ2) is 4.21. The number of carbonyl (C=O) groups is 1. The quantitative estimate of drug-likeness (QED) is 0.420. The van der Waals surface area contributed by atoms with Gasteiger partial charge in [-0.05, 0) is 45.4 Å². The first-order valence-electron chi connectivity index (χ1n) is 5.94. The van der Waals surface area contributed by atoms with Crippen LogP contribution in [0.4, 0.5) is 0 Å². The molecule has 0 amide bonds. The van der Waals surface area contributed by atoms with E-state index in [1.165, 1.54) is 0 Å². The molecule has 90 valence electrons. The SMILES string of the molecule is CC(C)(C)OCOC(=O)C1CC2C=CC1C2. The number of carbonyl (C=O) groups excluding carboxylic acids is 1. The van der Waals surface area contributed by atoms with Crippen LogP contribution in [0.2, 0.25) is 0 Å². The van der Waals surface area contributed by atoms with Crippen molar-refractivity contribution in [2.75, 3.05) is 6.79 Å². The minimum absolute atomic E-state index is 0.0681. The number of hydrogen-bond acceptors (Lipinski definition) is 3. The maximum atomic E-state index is 11.8. The molecule has 0 saturated heterocycles. The van der Waals surface area contributed by atoms with Gasteiger partial charge in [0.1, 0.15) is 0 Å². The molecule has 3 heteroatoms. The van der Waals surface area contributed by atoms with Crippen LogP contribution in [0.25, 0.3) is 0 Å². The number of hydrogen-bond donors (Lipinski definition) is 0. The normalized spacial score (nSPS) is 32.1. The first-order chi connectivity index (χ1) is 7.46. The molecule has 0 aliphatic heterocycles. The summed E-state index contributed by atoms with van der Waals surface area (Å²) in [5.41, 5.74) is -0.255. The lowest BCUT2D eigenvalue weighted by Gasteiger charge is -2.21. The van der Waals surface area contributed by atoms with Crippen LogP contribution in [0.1, 0.15) is 33.6 Å². The number of rotatable bonds is 3. The molecule has 3 unspecified atom stereocenters. The van der Waals surface area contributed by atoms with Crippen LogP contribution in [-0.2, 0) is 14.3 Å². The highest BCUT2D eigenvalue weighted by molar-refractivity contribution is 5.74. The Hall–Kier alpha value is -0.830. The van der Waals surface area contributed by atoms with Crippen molar-refractivity contribution in [2.24, 2.45) is 17.8 Å². The Morgan fingerprint density at radius 2 is 2.06 bits per heavy atom. The van der Waals surface area contributed by atoms with Crippen molar-refractivity contribution in [3.05, 3.63) is 12.2 Å². The van der Waals surface area contributed by atoms with Gasteiger partial charge in [-0.15, -0.1) is 0 Å². The van der Waals surface area contributed by atoms with Crippen LogP contribution in [-0.4, -0.2) is 18.4 Å². The van der Waals surface area contributed by atoms with Gasteiger partial charge in [0, 0.05) is 0 Å². The first kappa shape index (κ1) is 11.6. The van der Waals surface area contributed by atoms with Gasteiger partial charge in [-0.3, -0.25) is 4.79 Å². The van der Waals surface area contributed by atoms with E-state index in [1.807, 2.05) is 20.8 Å². The molecule has 2 aliphatic carbocycles. The predicted molar refractivity (Wildman–Crippen MR) is 60.6 cm³/mol. The second-order valence-corrected chi connectivity index (χ2v) is 5.72. The third-order valence-corrected chi connectivity index (χ3v) is 3.27. The molecule has 0 aromatic heterocycles. The standard InChI is InChI=1S/C13H20O3/c1-13(2,3)16-8-15-12(14)11-7-9-4-5-10(11)6-9/h4-5,9-11H,6-8H2,1-3H3. The summed E-state index contributed by atoms with van der Waals surface area (Å²) in [5, 5.41) is 0. The molecule has 1 saturated carbocycles. The summed E-state index contributed by atoms with van der Waals surface area (Å²) in [6, 6.07) is 0. The minimum Gasteiger partial charge on any atom is -0.438 e. The maximum Gasteiger partial charge on any atom is 0.311 e. The third kappa shape index (κ3) is 2.64. The highest BCUT2D eigenvalue weighted by Gasteiger charge is 2.40. The summed E-state index contributed by atoms with van der Waals surface area (Å²) in [7, 11) is 0. The zero-order chi connectivity index (χ0) is 11.8. The number of fused-ring (bicyclic) bond motifs is 2. The van der Waals surface area contributed by atoms with Crippen LogP contribution < -0.4 is 0 Å². The number of ether oxygens (including phenoxy) is 2. The maximum absolute atomic E-state index is 11.8. The Labute approximate surface area is 96.8 Å². The summed E-state index contributed by atoms with van der Waals surface area (Å²) < 4.78 is 10.5. The smallest absolute Gasteiger partial charge is 0.311 e. The van der Waals surface area contributed by atoms with E-state index in [1.54, 1.807) is 0 Å². The third-order valence-electron chi connectivity index (χ3n) is 3.27. The van der Waals surface area contributed by atoms with Crippen molar-refractivity contribution in [3.63, 3.8) is 0 Å². The van der Waals surface area contributed by atoms with E-state index in [-0.39, 0.29) is 24.3 Å². The van der Waals surface area contributed by atoms with Gasteiger partial charge in [0.15, 0.2) is 6.79 Å². The summed E-state index contributed by atoms with van der Waals surface area (Å²) in [6.45, 7) is 5.91. The van der Waals surface area contributed by atoms with Gasteiger partial charge < -0.3 is 9.47 Å². The van der Waals surface area contributed by atoms with Gasteiger partial charge in [0.2, 0.25) is 0 Å². The predicted octanol–water partition coefficient (Wildman–Crippen LogP) is 2.51. The Morgan fingerprint density at radius 3 is 2.56 bits per heavy atom. The lowest BCUT2D eigenvalue weighted by molar-refractivity contribution is -0.172. The summed E-state index contributed by atoms with van der Waals surface area (Å²) in [5.74, 6) is 0.984. The second-order valence-electron chi connectivity index (χ2n) is 5.72. The molecule has 3 atom stereocenters. The minimum atomic E-state index is -0.255. The molecule has 0 aromatic carbocycles. The van der Waals surface area contributed by atoms with Gasteiger partial charge in [-0.2, -0.15) is 0 Å². The molecular weight excluding hydrogens is 204 g/mol. The average Bonchev–Trinajstić information content (AvgIpc) is 2.76. The molecular formula is C13H20O3. The lowest BCUT2D eigenvalue weighted by atomic mass is 9.94. The van der Waals surface area contributed by atoms with E-state index in [0.717, 1.165) is 12.8 Å². The Morgan fingerprint density at radius 1 is 1.31 bits per heavy atom. The molecule has 3 nitrogen and oxygen atoms in total. The highest BCUT2D eigenvalue weighted by atomic mass is 16.7. The van der Waals surface area contributed by atoms with E-state index in [9.17, 15) is 4.79 Å². The summed E-state index contributed by atoms with van der Waals surface area (Å²) >= 11 is 0. The molecule has 0 aromatic rings. The molecule has 16 heavy (non-hydrogen) atoms. The molecule has 0 radical (unpaired) electrons. The van der Waals surface area contributed by atoms with Gasteiger partial charge in [0.25, 0.3) is 0 Å². The number of esters is 1. The highest BCUT2D eigenvalue weighted by Crippen LogP contribution is 2.43. The molecule has 0 N–H and O–H groups in total. The first-order valence-corrected chi connectivity index (χ1v) is 5.94. The van der Waals surface area contributed by atoms with Crippen LogP contribution in [0.15, 0.2) is 12.2 Å². The van der Waals surface area contributed by atoms with Crippen LogP contribution in [0.5, 0.6) is 0 Å². The summed E-state index contributed by atoms with van der Waals surface area (Å²) in [4.78, 5) is 11.8. The van der Waals surface area contributed by atoms with E-state index < -0.39 is 0 Å². The monoisotopic (exact) mass is 224 g/mol. The topological polar surface area (TPSA) is 35.5 Å². The Bertz CT molecular complexity index is 301. The van der Waals surface area contributed by atoms with Crippen LogP contribution in [0, 0.1) is 17.8 Å². The molecule has 0 heterocycles.